The van der Waals surface area contributed by atoms with Crippen LogP contribution in [0.1, 0.15) is 34.4 Å². The number of thiazole rings is 1. The average molecular weight is 302 g/mol. The van der Waals surface area contributed by atoms with Crippen LogP contribution in [0.15, 0.2) is 29.6 Å². The Balaban J connectivity index is 1.70. The first-order valence-corrected chi connectivity index (χ1v) is 8.42. The highest BCUT2D eigenvalue weighted by Crippen LogP contribution is 2.31. The Morgan fingerprint density at radius 1 is 1.43 bits per heavy atom. The number of nitrogens with one attached hydrogen (secondary N) is 1. The molecule has 1 aromatic carbocycles. The Hall–Kier alpha value is -1.23. The predicted molar refractivity (Wildman–Crippen MR) is 86.9 cm³/mol. The zero-order valence-corrected chi connectivity index (χ0v) is 13.5. The molecule has 0 radical (unpaired) electrons. The lowest BCUT2D eigenvalue weighted by Crippen LogP contribution is -2.31. The lowest BCUT2D eigenvalue weighted by Gasteiger charge is -2.29. The minimum Gasteiger partial charge on any atom is -0.373 e. The van der Waals surface area contributed by atoms with Crippen LogP contribution in [-0.2, 0) is 17.6 Å². The highest BCUT2D eigenvalue weighted by atomic mass is 32.1. The monoisotopic (exact) mass is 302 g/mol. The van der Waals surface area contributed by atoms with Crippen molar-refractivity contribution in [1.82, 2.24) is 10.3 Å². The van der Waals surface area contributed by atoms with Crippen LogP contribution in [-0.4, -0.2) is 24.7 Å². The van der Waals surface area contributed by atoms with Gasteiger partial charge < -0.3 is 10.1 Å². The van der Waals surface area contributed by atoms with E-state index < -0.39 is 0 Å². The van der Waals surface area contributed by atoms with Gasteiger partial charge in [-0.05, 0) is 37.9 Å². The largest absolute Gasteiger partial charge is 0.373 e. The summed E-state index contributed by atoms with van der Waals surface area (Å²) in [6.45, 7) is 2.89. The molecule has 112 valence electrons. The van der Waals surface area contributed by atoms with Gasteiger partial charge in [-0.3, -0.25) is 0 Å². The second-order valence-electron chi connectivity index (χ2n) is 5.59. The Morgan fingerprint density at radius 3 is 3.05 bits per heavy atom. The van der Waals surface area contributed by atoms with E-state index in [1.54, 1.807) is 11.3 Å². The molecule has 1 N–H and O–H groups in total. The van der Waals surface area contributed by atoms with Gasteiger partial charge in [0.05, 0.1) is 23.4 Å². The van der Waals surface area contributed by atoms with E-state index in [1.165, 1.54) is 16.8 Å². The van der Waals surface area contributed by atoms with E-state index in [-0.39, 0.29) is 6.10 Å². The minimum absolute atomic E-state index is 0.201. The van der Waals surface area contributed by atoms with Gasteiger partial charge in [0.1, 0.15) is 0 Å². The van der Waals surface area contributed by atoms with E-state index in [4.69, 9.17) is 4.74 Å². The van der Waals surface area contributed by atoms with Gasteiger partial charge in [-0.2, -0.15) is 0 Å². The summed E-state index contributed by atoms with van der Waals surface area (Å²) in [6.07, 6.45) is 3.18. The van der Waals surface area contributed by atoms with E-state index in [2.05, 4.69) is 46.9 Å². The van der Waals surface area contributed by atoms with Gasteiger partial charge in [-0.1, -0.05) is 24.3 Å². The molecule has 2 atom stereocenters. The molecule has 0 saturated carbocycles. The van der Waals surface area contributed by atoms with Crippen LogP contribution >= 0.6 is 11.3 Å². The normalized spacial score (nSPS) is 19.2. The Labute approximate surface area is 130 Å². The van der Waals surface area contributed by atoms with Crippen LogP contribution < -0.4 is 5.32 Å². The molecule has 4 heteroatoms. The molecule has 0 saturated heterocycles. The number of benzene rings is 1. The summed E-state index contributed by atoms with van der Waals surface area (Å²) in [5, 5.41) is 6.72. The highest BCUT2D eigenvalue weighted by molar-refractivity contribution is 7.09. The molecule has 0 fully saturated rings. The Kier molecular flexibility index (Phi) is 4.68. The quantitative estimate of drug-likeness (QED) is 0.920. The summed E-state index contributed by atoms with van der Waals surface area (Å²) < 4.78 is 6.02. The van der Waals surface area contributed by atoms with Gasteiger partial charge in [0.25, 0.3) is 0 Å². The topological polar surface area (TPSA) is 34.2 Å². The second kappa shape index (κ2) is 6.69. The number of nitrogens with zero attached hydrogens (tertiary/aromatic N) is 1. The SMILES string of the molecule is CNC(Cc1csc(C)n1)CC1OCCc2ccccc21. The number of hydrogen-bond acceptors (Lipinski definition) is 4. The summed E-state index contributed by atoms with van der Waals surface area (Å²) in [5.74, 6) is 0. The number of likely N-dealkylation sites (N-methyl/N-ethyl adjacent to an activating group) is 1. The van der Waals surface area contributed by atoms with Crippen molar-refractivity contribution in [3.05, 3.63) is 51.5 Å². The zero-order chi connectivity index (χ0) is 14.7. The van der Waals surface area contributed by atoms with Gasteiger partial charge in [0.2, 0.25) is 0 Å². The number of fused-ring (bicyclic) bond motifs is 1. The van der Waals surface area contributed by atoms with Crippen molar-refractivity contribution in [2.75, 3.05) is 13.7 Å². The van der Waals surface area contributed by atoms with Crippen LogP contribution in [0.4, 0.5) is 0 Å². The minimum atomic E-state index is 0.201. The van der Waals surface area contributed by atoms with E-state index in [1.807, 2.05) is 7.05 Å². The van der Waals surface area contributed by atoms with Crippen LogP contribution in [0, 0.1) is 6.92 Å². The van der Waals surface area contributed by atoms with E-state index in [0.29, 0.717) is 6.04 Å². The molecule has 2 heterocycles. The van der Waals surface area contributed by atoms with Crippen molar-refractivity contribution in [1.29, 1.82) is 0 Å². The molecule has 3 rings (SSSR count). The van der Waals surface area contributed by atoms with Gasteiger partial charge in [0.15, 0.2) is 0 Å². The van der Waals surface area contributed by atoms with Gasteiger partial charge in [0, 0.05) is 17.8 Å². The molecular weight excluding hydrogens is 280 g/mol. The zero-order valence-electron chi connectivity index (χ0n) is 12.6. The number of aromatic nitrogens is 1. The van der Waals surface area contributed by atoms with Gasteiger partial charge in [-0.15, -0.1) is 11.3 Å². The summed E-state index contributed by atoms with van der Waals surface area (Å²) in [7, 11) is 2.03. The number of hydrogen-bond donors (Lipinski definition) is 1. The van der Waals surface area contributed by atoms with E-state index in [0.717, 1.165) is 30.9 Å². The summed E-state index contributed by atoms with van der Waals surface area (Å²) >= 11 is 1.72. The third kappa shape index (κ3) is 3.51. The molecule has 3 nitrogen and oxygen atoms in total. The smallest absolute Gasteiger partial charge is 0.0897 e. The van der Waals surface area contributed by atoms with Gasteiger partial charge in [-0.25, -0.2) is 4.98 Å². The first-order chi connectivity index (χ1) is 10.3. The predicted octanol–water partition coefficient (Wildman–Crippen LogP) is 3.29. The summed E-state index contributed by atoms with van der Waals surface area (Å²) in [5.41, 5.74) is 3.98. The van der Waals surface area contributed by atoms with Crippen LogP contribution in [0.2, 0.25) is 0 Å². The fourth-order valence-electron chi connectivity index (χ4n) is 2.99. The van der Waals surface area contributed by atoms with E-state index >= 15 is 0 Å². The standard InChI is InChI=1S/C17H22N2OS/c1-12-19-15(11-21-12)9-14(18-2)10-17-16-6-4-3-5-13(16)7-8-20-17/h3-6,11,14,17-18H,7-10H2,1-2H3. The molecule has 1 aliphatic rings. The first-order valence-electron chi connectivity index (χ1n) is 7.54. The highest BCUT2D eigenvalue weighted by Gasteiger charge is 2.23. The maximum atomic E-state index is 6.02. The molecule has 1 aliphatic heterocycles. The fraction of sp³-hybridized carbons (Fsp3) is 0.471. The van der Waals surface area contributed by atoms with Crippen molar-refractivity contribution in [3.63, 3.8) is 0 Å². The number of aryl methyl sites for hydroxylation is 1. The van der Waals surface area contributed by atoms with Crippen molar-refractivity contribution < 1.29 is 4.74 Å². The third-order valence-electron chi connectivity index (χ3n) is 4.12. The van der Waals surface area contributed by atoms with Crippen LogP contribution in [0.25, 0.3) is 0 Å². The molecule has 0 bridgehead atoms. The second-order valence-corrected chi connectivity index (χ2v) is 6.65. The molecule has 0 spiro atoms. The third-order valence-corrected chi connectivity index (χ3v) is 4.94. The molecule has 1 aromatic heterocycles. The fourth-order valence-corrected chi connectivity index (χ4v) is 3.61. The van der Waals surface area contributed by atoms with Crippen molar-refractivity contribution in [3.8, 4) is 0 Å². The van der Waals surface area contributed by atoms with Crippen molar-refractivity contribution >= 4 is 11.3 Å². The number of ether oxygens (including phenoxy) is 1. The molecular formula is C17H22N2OS. The lowest BCUT2D eigenvalue weighted by molar-refractivity contribution is 0.0299. The average Bonchev–Trinajstić information content (AvgIpc) is 2.92. The molecule has 0 aliphatic carbocycles. The number of rotatable bonds is 5. The molecule has 21 heavy (non-hydrogen) atoms. The molecule has 2 aromatic rings. The first kappa shape index (κ1) is 14.7. The molecule has 0 amide bonds. The lowest BCUT2D eigenvalue weighted by atomic mass is 9.92. The maximum Gasteiger partial charge on any atom is 0.0897 e. The van der Waals surface area contributed by atoms with Gasteiger partial charge >= 0.3 is 0 Å². The van der Waals surface area contributed by atoms with Crippen LogP contribution in [0.5, 0.6) is 0 Å². The summed E-state index contributed by atoms with van der Waals surface area (Å²) in [4.78, 5) is 4.57. The van der Waals surface area contributed by atoms with Crippen molar-refractivity contribution in [2.24, 2.45) is 0 Å². The summed E-state index contributed by atoms with van der Waals surface area (Å²) in [6, 6.07) is 9.05. The Bertz CT molecular complexity index is 596. The maximum absolute atomic E-state index is 6.02. The van der Waals surface area contributed by atoms with E-state index in [9.17, 15) is 0 Å². The van der Waals surface area contributed by atoms with Crippen molar-refractivity contribution in [2.45, 2.75) is 38.3 Å². The van der Waals surface area contributed by atoms with Crippen LogP contribution in [0.3, 0.4) is 0 Å². The Morgan fingerprint density at radius 2 is 2.29 bits per heavy atom. The molecule has 2 unspecified atom stereocenters.